The fourth-order valence-electron chi connectivity index (χ4n) is 2.08. The van der Waals surface area contributed by atoms with Crippen molar-refractivity contribution in [2.24, 2.45) is 0 Å². The topological polar surface area (TPSA) is 98.5 Å². The second-order valence-corrected chi connectivity index (χ2v) is 5.09. The minimum atomic E-state index is -0.768. The summed E-state index contributed by atoms with van der Waals surface area (Å²) in [6.45, 7) is -0.582. The van der Waals surface area contributed by atoms with Crippen molar-refractivity contribution in [3.8, 4) is 0 Å². The van der Waals surface area contributed by atoms with Crippen molar-refractivity contribution in [1.29, 1.82) is 0 Å². The van der Waals surface area contributed by atoms with Crippen molar-refractivity contribution in [2.75, 3.05) is 6.61 Å². The molecule has 0 saturated heterocycles. The number of nitrogens with zero attached hydrogens (tertiary/aromatic N) is 1. The largest absolute Gasteiger partial charge is 0.455 e. The number of ether oxygens (including phenoxy) is 1. The predicted molar refractivity (Wildman–Crippen MR) is 86.0 cm³/mol. The van der Waals surface area contributed by atoms with Crippen molar-refractivity contribution in [2.45, 2.75) is 13.0 Å². The van der Waals surface area contributed by atoms with Gasteiger partial charge in [-0.15, -0.1) is 0 Å². The van der Waals surface area contributed by atoms with E-state index in [9.17, 15) is 24.1 Å². The molecule has 0 aliphatic carbocycles. The first-order valence-corrected chi connectivity index (χ1v) is 7.35. The second kappa shape index (κ2) is 8.53. The molecule has 0 atom stereocenters. The van der Waals surface area contributed by atoms with Gasteiger partial charge in [-0.2, -0.15) is 0 Å². The quantitative estimate of drug-likeness (QED) is 0.470. The standard InChI is InChI=1S/C17H15FN2O5/c18-14-7-3-1-6-13(14)10-19-16(21)11-25-17(22)9-12-5-2-4-8-15(12)20(23)24/h1-8H,9-11H2,(H,19,21). The zero-order valence-corrected chi connectivity index (χ0v) is 13.1. The van der Waals surface area contributed by atoms with Crippen LogP contribution in [-0.2, 0) is 27.3 Å². The number of carbonyl (C=O) groups excluding carboxylic acids is 2. The minimum Gasteiger partial charge on any atom is -0.455 e. The Morgan fingerprint density at radius 1 is 1.08 bits per heavy atom. The molecule has 0 aromatic heterocycles. The number of nitrogens with one attached hydrogen (secondary N) is 1. The molecule has 2 aromatic rings. The molecule has 0 spiro atoms. The molecule has 2 aromatic carbocycles. The number of nitro benzene ring substituents is 1. The van der Waals surface area contributed by atoms with E-state index in [2.05, 4.69) is 5.32 Å². The van der Waals surface area contributed by atoms with E-state index in [0.717, 1.165) is 0 Å². The number of nitro groups is 1. The van der Waals surface area contributed by atoms with Crippen molar-refractivity contribution in [3.05, 3.63) is 75.6 Å². The highest BCUT2D eigenvalue weighted by Gasteiger charge is 2.17. The molecule has 1 amide bonds. The number of para-hydroxylation sites is 1. The summed E-state index contributed by atoms with van der Waals surface area (Å²) < 4.78 is 18.2. The third kappa shape index (κ3) is 5.38. The number of amides is 1. The fraction of sp³-hybridized carbons (Fsp3) is 0.176. The summed E-state index contributed by atoms with van der Waals surface area (Å²) in [6, 6.07) is 11.7. The van der Waals surface area contributed by atoms with Crippen LogP contribution in [0.15, 0.2) is 48.5 Å². The summed E-state index contributed by atoms with van der Waals surface area (Å²) in [5, 5.41) is 13.3. The lowest BCUT2D eigenvalue weighted by Crippen LogP contribution is -2.29. The molecular formula is C17H15FN2O5. The molecule has 8 heteroatoms. The SMILES string of the molecule is O=C(COC(=O)Cc1ccccc1[N+](=O)[O-])NCc1ccccc1F. The van der Waals surface area contributed by atoms with Crippen molar-refractivity contribution in [1.82, 2.24) is 5.32 Å². The lowest BCUT2D eigenvalue weighted by Gasteiger charge is -2.07. The number of benzene rings is 2. The van der Waals surface area contributed by atoms with Crippen molar-refractivity contribution in [3.63, 3.8) is 0 Å². The highest BCUT2D eigenvalue weighted by atomic mass is 19.1. The third-order valence-corrected chi connectivity index (χ3v) is 3.32. The van der Waals surface area contributed by atoms with Gasteiger partial charge in [0.1, 0.15) is 5.82 Å². The zero-order valence-electron chi connectivity index (χ0n) is 13.1. The van der Waals surface area contributed by atoms with E-state index < -0.39 is 29.2 Å². The molecule has 0 fully saturated rings. The van der Waals surface area contributed by atoms with Crippen LogP contribution in [0.2, 0.25) is 0 Å². The summed E-state index contributed by atoms with van der Waals surface area (Å²) in [7, 11) is 0. The van der Waals surface area contributed by atoms with Gasteiger partial charge in [-0.25, -0.2) is 4.39 Å². The zero-order chi connectivity index (χ0) is 18.2. The molecule has 25 heavy (non-hydrogen) atoms. The summed E-state index contributed by atoms with van der Waals surface area (Å²) >= 11 is 0. The summed E-state index contributed by atoms with van der Waals surface area (Å²) in [4.78, 5) is 33.7. The van der Waals surface area contributed by atoms with Crippen LogP contribution in [-0.4, -0.2) is 23.4 Å². The van der Waals surface area contributed by atoms with Gasteiger partial charge in [0.15, 0.2) is 6.61 Å². The Bertz CT molecular complexity index is 794. The molecule has 0 unspecified atom stereocenters. The predicted octanol–water partition coefficient (Wildman–Crippen LogP) is 2.14. The molecule has 0 aliphatic rings. The summed E-state index contributed by atoms with van der Waals surface area (Å²) in [5.74, 6) is -1.81. The maximum atomic E-state index is 13.4. The lowest BCUT2D eigenvalue weighted by atomic mass is 10.1. The van der Waals surface area contributed by atoms with Gasteiger partial charge in [-0.3, -0.25) is 19.7 Å². The number of hydrogen-bond donors (Lipinski definition) is 1. The molecule has 0 heterocycles. The van der Waals surface area contributed by atoms with Crippen molar-refractivity contribution < 1.29 is 23.6 Å². The first-order valence-electron chi connectivity index (χ1n) is 7.35. The smallest absolute Gasteiger partial charge is 0.311 e. The average Bonchev–Trinajstić information content (AvgIpc) is 2.59. The van der Waals surface area contributed by atoms with E-state index in [4.69, 9.17) is 4.74 Å². The molecule has 0 bridgehead atoms. The van der Waals surface area contributed by atoms with Gasteiger partial charge in [-0.05, 0) is 6.07 Å². The number of hydrogen-bond acceptors (Lipinski definition) is 5. The Labute approximate surface area is 142 Å². The lowest BCUT2D eigenvalue weighted by molar-refractivity contribution is -0.385. The number of rotatable bonds is 7. The van der Waals surface area contributed by atoms with Crippen molar-refractivity contribution >= 4 is 17.6 Å². The molecule has 1 N–H and O–H groups in total. The fourth-order valence-corrected chi connectivity index (χ4v) is 2.08. The monoisotopic (exact) mass is 346 g/mol. The molecule has 7 nitrogen and oxygen atoms in total. The Kier molecular flexibility index (Phi) is 6.16. The van der Waals surface area contributed by atoms with Crippen LogP contribution < -0.4 is 5.32 Å². The molecule has 2 rings (SSSR count). The minimum absolute atomic E-state index is 0.0345. The molecule has 0 radical (unpaired) electrons. The molecule has 0 aliphatic heterocycles. The third-order valence-electron chi connectivity index (χ3n) is 3.32. The molecule has 130 valence electrons. The molecule has 0 saturated carbocycles. The van der Waals surface area contributed by atoms with Crippen LogP contribution in [0.25, 0.3) is 0 Å². The van der Waals surface area contributed by atoms with Gasteiger partial charge < -0.3 is 10.1 Å². The van der Waals surface area contributed by atoms with Gasteiger partial charge in [0.25, 0.3) is 11.6 Å². The van der Waals surface area contributed by atoms with E-state index in [-0.39, 0.29) is 24.2 Å². The molecular weight excluding hydrogens is 331 g/mol. The van der Waals surface area contributed by atoms with Gasteiger partial charge in [0, 0.05) is 23.7 Å². The Hall–Kier alpha value is -3.29. The van der Waals surface area contributed by atoms with Crippen LogP contribution in [0.5, 0.6) is 0 Å². The van der Waals surface area contributed by atoms with Gasteiger partial charge in [0.05, 0.1) is 11.3 Å². The highest BCUT2D eigenvalue weighted by Crippen LogP contribution is 2.18. The summed E-state index contributed by atoms with van der Waals surface area (Å²) in [6.07, 6.45) is -0.322. The van der Waals surface area contributed by atoms with Gasteiger partial charge >= 0.3 is 5.97 Å². The Morgan fingerprint density at radius 2 is 1.72 bits per heavy atom. The van der Waals surface area contributed by atoms with E-state index >= 15 is 0 Å². The van der Waals surface area contributed by atoms with E-state index in [1.807, 2.05) is 0 Å². The maximum Gasteiger partial charge on any atom is 0.311 e. The number of halogens is 1. The highest BCUT2D eigenvalue weighted by molar-refractivity contribution is 5.81. The van der Waals surface area contributed by atoms with Crippen LogP contribution in [0.4, 0.5) is 10.1 Å². The van der Waals surface area contributed by atoms with Gasteiger partial charge in [-0.1, -0.05) is 36.4 Å². The van der Waals surface area contributed by atoms with E-state index in [0.29, 0.717) is 5.56 Å². The van der Waals surface area contributed by atoms with Crippen LogP contribution in [0, 0.1) is 15.9 Å². The normalized spacial score (nSPS) is 10.1. The van der Waals surface area contributed by atoms with Gasteiger partial charge in [0.2, 0.25) is 0 Å². The number of carbonyl (C=O) groups is 2. The second-order valence-electron chi connectivity index (χ2n) is 5.09. The first kappa shape index (κ1) is 18.1. The van der Waals surface area contributed by atoms with Crippen LogP contribution >= 0.6 is 0 Å². The first-order chi connectivity index (χ1) is 12.0. The van der Waals surface area contributed by atoms with Crippen LogP contribution in [0.3, 0.4) is 0 Å². The van der Waals surface area contributed by atoms with E-state index in [1.165, 1.54) is 36.4 Å². The van der Waals surface area contributed by atoms with Crippen LogP contribution in [0.1, 0.15) is 11.1 Å². The summed E-state index contributed by atoms with van der Waals surface area (Å²) in [5.41, 5.74) is 0.315. The Morgan fingerprint density at radius 3 is 2.40 bits per heavy atom. The van der Waals surface area contributed by atoms with E-state index in [1.54, 1.807) is 12.1 Å². The number of esters is 1. The maximum absolute atomic E-state index is 13.4. The average molecular weight is 346 g/mol. The Balaban J connectivity index is 1.81.